The summed E-state index contributed by atoms with van der Waals surface area (Å²) in [7, 11) is 0. The Morgan fingerprint density at radius 1 is 1.16 bits per heavy atom. The summed E-state index contributed by atoms with van der Waals surface area (Å²) >= 11 is 0. The summed E-state index contributed by atoms with van der Waals surface area (Å²) in [4.78, 5) is 11.9. The number of aliphatic hydroxyl groups excluding tert-OH is 1. The van der Waals surface area contributed by atoms with E-state index in [9.17, 15) is 15.0 Å². The topological polar surface area (TPSA) is 57.5 Å². The van der Waals surface area contributed by atoms with E-state index in [1.54, 1.807) is 0 Å². The third-order valence-corrected chi connectivity index (χ3v) is 8.59. The first-order chi connectivity index (χ1) is 11.8. The van der Waals surface area contributed by atoms with Crippen molar-refractivity contribution in [3.05, 3.63) is 23.8 Å². The molecule has 0 saturated heterocycles. The van der Waals surface area contributed by atoms with Crippen LogP contribution >= 0.6 is 0 Å². The van der Waals surface area contributed by atoms with E-state index < -0.39 is 5.60 Å². The third-order valence-electron chi connectivity index (χ3n) is 8.59. The first kappa shape index (κ1) is 17.5. The summed E-state index contributed by atoms with van der Waals surface area (Å²) in [6.45, 7) is 4.82. The Hall–Kier alpha value is -0.930. The van der Waals surface area contributed by atoms with Crippen LogP contribution in [0.4, 0.5) is 0 Å². The molecular formula is C22H32O3. The fourth-order valence-corrected chi connectivity index (χ4v) is 6.89. The molecule has 0 heterocycles. The zero-order valence-electron chi connectivity index (χ0n) is 15.6. The maximum absolute atomic E-state index is 11.9. The van der Waals surface area contributed by atoms with E-state index in [2.05, 4.69) is 26.0 Å². The number of allylic oxidation sites excluding steroid dienone is 4. The monoisotopic (exact) mass is 344 g/mol. The van der Waals surface area contributed by atoms with Crippen molar-refractivity contribution >= 4 is 5.78 Å². The maximum atomic E-state index is 11.9. The van der Waals surface area contributed by atoms with Crippen molar-refractivity contribution in [3.63, 3.8) is 0 Å². The number of aliphatic hydroxyl groups is 2. The molecule has 0 radical (unpaired) electrons. The second-order valence-corrected chi connectivity index (χ2v) is 9.49. The Bertz CT molecular complexity index is 635. The predicted molar refractivity (Wildman–Crippen MR) is 97.9 cm³/mol. The van der Waals surface area contributed by atoms with Crippen molar-refractivity contribution in [2.24, 2.45) is 28.6 Å². The van der Waals surface area contributed by atoms with Crippen LogP contribution < -0.4 is 0 Å². The highest BCUT2D eigenvalue weighted by molar-refractivity contribution is 5.92. The highest BCUT2D eigenvalue weighted by atomic mass is 16.3. The van der Waals surface area contributed by atoms with Gasteiger partial charge in [-0.1, -0.05) is 26.0 Å². The molecule has 0 aromatic heterocycles. The largest absolute Gasteiger partial charge is 0.396 e. The average molecular weight is 344 g/mol. The second kappa shape index (κ2) is 5.79. The fourth-order valence-electron chi connectivity index (χ4n) is 6.89. The molecule has 25 heavy (non-hydrogen) atoms. The molecule has 0 amide bonds. The lowest BCUT2D eigenvalue weighted by Gasteiger charge is -2.57. The van der Waals surface area contributed by atoms with Gasteiger partial charge in [-0.25, -0.2) is 0 Å². The maximum Gasteiger partial charge on any atom is 0.156 e. The van der Waals surface area contributed by atoms with Gasteiger partial charge in [0.2, 0.25) is 0 Å². The van der Waals surface area contributed by atoms with Gasteiger partial charge < -0.3 is 10.2 Å². The summed E-state index contributed by atoms with van der Waals surface area (Å²) in [6.07, 6.45) is 13.7. The van der Waals surface area contributed by atoms with E-state index in [0.717, 1.165) is 32.1 Å². The molecule has 0 aliphatic heterocycles. The van der Waals surface area contributed by atoms with Crippen LogP contribution in [0.5, 0.6) is 0 Å². The van der Waals surface area contributed by atoms with E-state index in [1.807, 2.05) is 6.08 Å². The Morgan fingerprint density at radius 2 is 1.92 bits per heavy atom. The molecule has 2 N–H and O–H groups in total. The number of rotatable bonds is 3. The van der Waals surface area contributed by atoms with Crippen LogP contribution in [0, 0.1) is 28.6 Å². The van der Waals surface area contributed by atoms with Crippen LogP contribution in [-0.4, -0.2) is 28.2 Å². The molecular weight excluding hydrogens is 312 g/mol. The van der Waals surface area contributed by atoms with Gasteiger partial charge >= 0.3 is 0 Å². The van der Waals surface area contributed by atoms with Crippen LogP contribution in [0.15, 0.2) is 23.8 Å². The van der Waals surface area contributed by atoms with Crippen molar-refractivity contribution in [1.29, 1.82) is 0 Å². The molecule has 0 aromatic carbocycles. The molecule has 0 aromatic rings. The van der Waals surface area contributed by atoms with E-state index in [4.69, 9.17) is 0 Å². The molecule has 3 nitrogen and oxygen atoms in total. The van der Waals surface area contributed by atoms with Crippen molar-refractivity contribution in [3.8, 4) is 0 Å². The molecule has 0 bridgehead atoms. The van der Waals surface area contributed by atoms with Crippen LogP contribution in [0.2, 0.25) is 0 Å². The summed E-state index contributed by atoms with van der Waals surface area (Å²) < 4.78 is 0. The summed E-state index contributed by atoms with van der Waals surface area (Å²) in [5.41, 5.74) is 0.691. The molecule has 4 aliphatic carbocycles. The van der Waals surface area contributed by atoms with Crippen LogP contribution in [0.3, 0.4) is 0 Å². The van der Waals surface area contributed by atoms with Crippen molar-refractivity contribution < 1.29 is 15.0 Å². The molecule has 0 spiro atoms. The number of hydrogen-bond acceptors (Lipinski definition) is 3. The van der Waals surface area contributed by atoms with Gasteiger partial charge in [-0.2, -0.15) is 0 Å². The Balaban J connectivity index is 1.67. The van der Waals surface area contributed by atoms with Gasteiger partial charge in [0.1, 0.15) is 0 Å². The number of fused-ring (bicyclic) bond motifs is 5. The zero-order chi connectivity index (χ0) is 17.9. The minimum atomic E-state index is -0.626. The number of carbonyl (C=O) groups excluding carboxylic acids is 1. The lowest BCUT2D eigenvalue weighted by molar-refractivity contribution is -0.122. The minimum absolute atomic E-state index is 0.0459. The molecule has 6 atom stereocenters. The summed E-state index contributed by atoms with van der Waals surface area (Å²) in [5, 5.41) is 20.6. The van der Waals surface area contributed by atoms with Gasteiger partial charge in [-0.05, 0) is 85.2 Å². The minimum Gasteiger partial charge on any atom is -0.396 e. The molecule has 138 valence electrons. The number of hydrogen-bond donors (Lipinski definition) is 2. The molecule has 3 heteroatoms. The fraction of sp³-hybridized carbons (Fsp3) is 0.773. The average Bonchev–Trinajstić information content (AvgIpc) is 2.85. The number of carbonyl (C=O) groups is 1. The quantitative estimate of drug-likeness (QED) is 0.819. The normalized spacial score (nSPS) is 48.6. The van der Waals surface area contributed by atoms with Crippen LogP contribution in [-0.2, 0) is 4.79 Å². The van der Waals surface area contributed by atoms with Crippen LogP contribution in [0.1, 0.15) is 65.2 Å². The van der Waals surface area contributed by atoms with Crippen LogP contribution in [0.25, 0.3) is 0 Å². The smallest absolute Gasteiger partial charge is 0.156 e. The Kier molecular flexibility index (Phi) is 4.05. The molecule has 2 fully saturated rings. The standard InChI is InChI=1S/C22H32O3/c1-20-10-6-16(24)14-15(20)4-5-17-18(20)7-11-21(2)19(17)8-12-22(21,25)9-3-13-23/h4-5,14,17-19,23,25H,3,6-13H2,1-2H3/t17-,18+,19+,20+,21+,22-/m1/s1. The van der Waals surface area contributed by atoms with Gasteiger partial charge in [0.05, 0.1) is 5.60 Å². The highest BCUT2D eigenvalue weighted by Gasteiger charge is 2.62. The lowest BCUT2D eigenvalue weighted by atomic mass is 9.48. The van der Waals surface area contributed by atoms with Crippen molar-refractivity contribution in [2.45, 2.75) is 70.8 Å². The molecule has 4 aliphatic rings. The van der Waals surface area contributed by atoms with E-state index in [1.165, 1.54) is 5.57 Å². The molecule has 0 unspecified atom stereocenters. The van der Waals surface area contributed by atoms with E-state index in [-0.39, 0.29) is 23.2 Å². The Labute approximate surface area is 151 Å². The van der Waals surface area contributed by atoms with E-state index >= 15 is 0 Å². The summed E-state index contributed by atoms with van der Waals surface area (Å²) in [6, 6.07) is 0. The van der Waals surface area contributed by atoms with Gasteiger partial charge in [0.15, 0.2) is 5.78 Å². The first-order valence-corrected chi connectivity index (χ1v) is 10.1. The van der Waals surface area contributed by atoms with Crippen molar-refractivity contribution in [1.82, 2.24) is 0 Å². The summed E-state index contributed by atoms with van der Waals surface area (Å²) in [5.74, 6) is 1.89. The van der Waals surface area contributed by atoms with Gasteiger partial charge in [0, 0.05) is 13.0 Å². The first-order valence-electron chi connectivity index (χ1n) is 10.1. The van der Waals surface area contributed by atoms with E-state index in [0.29, 0.717) is 37.0 Å². The second-order valence-electron chi connectivity index (χ2n) is 9.49. The lowest BCUT2D eigenvalue weighted by Crippen LogP contribution is -2.53. The third kappa shape index (κ3) is 2.35. The highest BCUT2D eigenvalue weighted by Crippen LogP contribution is 2.66. The zero-order valence-corrected chi connectivity index (χ0v) is 15.6. The van der Waals surface area contributed by atoms with Gasteiger partial charge in [-0.3, -0.25) is 4.79 Å². The molecule has 4 rings (SSSR count). The van der Waals surface area contributed by atoms with Gasteiger partial charge in [-0.15, -0.1) is 0 Å². The van der Waals surface area contributed by atoms with Crippen molar-refractivity contribution in [2.75, 3.05) is 6.61 Å². The SMILES string of the molecule is C[C@]12CCC(=O)C=C1C=C[C@@H]1[C@@H]2CC[C@@]2(C)[C@H]1CC[C@]2(O)CCCO. The van der Waals surface area contributed by atoms with Gasteiger partial charge in [0.25, 0.3) is 0 Å². The molecule has 2 saturated carbocycles. The Morgan fingerprint density at radius 3 is 2.68 bits per heavy atom. The predicted octanol–water partition coefficient (Wildman–Crippen LogP) is 3.80. The number of ketones is 1.